The van der Waals surface area contributed by atoms with Gasteiger partial charge in [-0.25, -0.2) is 0 Å². The van der Waals surface area contributed by atoms with E-state index in [1.807, 2.05) is 6.92 Å². The molecule has 0 spiro atoms. The van der Waals surface area contributed by atoms with E-state index in [2.05, 4.69) is 11.8 Å². The molecule has 0 saturated heterocycles. The second-order valence-electron chi connectivity index (χ2n) is 2.06. The zero-order chi connectivity index (χ0) is 7.28. The third-order valence-corrected chi connectivity index (χ3v) is 1.39. The maximum absolute atomic E-state index is 5.49. The summed E-state index contributed by atoms with van der Waals surface area (Å²) in [5, 5.41) is 0. The predicted molar refractivity (Wildman–Crippen MR) is 37.0 cm³/mol. The van der Waals surface area contributed by atoms with Crippen molar-refractivity contribution < 1.29 is 4.84 Å². The third-order valence-electron chi connectivity index (χ3n) is 1.39. The fourth-order valence-corrected chi connectivity index (χ4v) is 0.430. The van der Waals surface area contributed by atoms with Crippen LogP contribution in [-0.2, 0) is 4.84 Å². The summed E-state index contributed by atoms with van der Waals surface area (Å²) in [4.78, 5) is 4.24. The van der Waals surface area contributed by atoms with Crippen LogP contribution in [0.15, 0.2) is 12.0 Å². The van der Waals surface area contributed by atoms with Crippen molar-refractivity contribution in [3.8, 4) is 0 Å². The van der Waals surface area contributed by atoms with Crippen LogP contribution in [0.4, 0.5) is 0 Å². The topological polar surface area (TPSA) is 61.3 Å². The van der Waals surface area contributed by atoms with E-state index in [9.17, 15) is 0 Å². The lowest BCUT2D eigenvalue weighted by Crippen LogP contribution is -2.09. The number of nitrogens with two attached hydrogens (primary N) is 2. The summed E-state index contributed by atoms with van der Waals surface area (Å²) in [6, 6.07) is 0. The molecule has 0 aromatic heterocycles. The molecule has 1 unspecified atom stereocenters. The van der Waals surface area contributed by atoms with E-state index < -0.39 is 0 Å². The number of hydrogen-bond donors (Lipinski definition) is 2. The van der Waals surface area contributed by atoms with Crippen LogP contribution >= 0.6 is 0 Å². The molecule has 0 aromatic rings. The van der Waals surface area contributed by atoms with Crippen LogP contribution in [0.3, 0.4) is 0 Å². The van der Waals surface area contributed by atoms with Crippen LogP contribution in [0, 0.1) is 5.92 Å². The molecule has 0 saturated carbocycles. The maximum Gasteiger partial charge on any atom is 0.129 e. The van der Waals surface area contributed by atoms with E-state index in [0.717, 1.165) is 6.42 Å². The van der Waals surface area contributed by atoms with Crippen molar-refractivity contribution in [1.29, 1.82) is 0 Å². The third kappa shape index (κ3) is 2.98. The first kappa shape index (κ1) is 8.30. The van der Waals surface area contributed by atoms with Gasteiger partial charge in [-0.1, -0.05) is 13.8 Å². The normalized spacial score (nSPS) is 15.2. The van der Waals surface area contributed by atoms with Crippen molar-refractivity contribution in [2.45, 2.75) is 20.3 Å². The lowest BCUT2D eigenvalue weighted by molar-refractivity contribution is 0.254. The molecule has 54 valence electrons. The molecule has 0 aromatic carbocycles. The van der Waals surface area contributed by atoms with Gasteiger partial charge in [0.2, 0.25) is 0 Å². The Bertz CT molecular complexity index is 101. The highest BCUT2D eigenvalue weighted by molar-refractivity contribution is 4.95. The molecule has 0 aliphatic heterocycles. The maximum atomic E-state index is 5.49. The molecule has 0 fully saturated rings. The van der Waals surface area contributed by atoms with Gasteiger partial charge in [-0.15, -0.1) is 0 Å². The monoisotopic (exact) mass is 130 g/mol. The molecule has 0 aliphatic carbocycles. The molecular formula is C6H14N2O. The second-order valence-corrected chi connectivity index (χ2v) is 2.06. The molecule has 0 aliphatic rings. The Labute approximate surface area is 55.6 Å². The lowest BCUT2D eigenvalue weighted by Gasteiger charge is -2.06. The van der Waals surface area contributed by atoms with Gasteiger partial charge in [0.05, 0.1) is 0 Å². The van der Waals surface area contributed by atoms with E-state index in [4.69, 9.17) is 11.6 Å². The Hall–Kier alpha value is -0.700. The van der Waals surface area contributed by atoms with Gasteiger partial charge in [0.25, 0.3) is 0 Å². The van der Waals surface area contributed by atoms with Crippen LogP contribution < -0.4 is 11.6 Å². The van der Waals surface area contributed by atoms with Gasteiger partial charge in [0, 0.05) is 5.70 Å². The minimum Gasteiger partial charge on any atom is -0.417 e. The van der Waals surface area contributed by atoms with Gasteiger partial charge < -0.3 is 10.6 Å². The molecule has 0 amide bonds. The van der Waals surface area contributed by atoms with Gasteiger partial charge in [-0.3, -0.25) is 0 Å². The molecule has 0 bridgehead atoms. The van der Waals surface area contributed by atoms with E-state index in [1.54, 1.807) is 0 Å². The number of hydrogen-bond acceptors (Lipinski definition) is 3. The second kappa shape index (κ2) is 4.21. The van der Waals surface area contributed by atoms with Crippen LogP contribution in [0.25, 0.3) is 0 Å². The van der Waals surface area contributed by atoms with E-state index >= 15 is 0 Å². The van der Waals surface area contributed by atoms with Gasteiger partial charge in [0.1, 0.15) is 6.26 Å². The molecule has 0 heterocycles. The summed E-state index contributed by atoms with van der Waals surface area (Å²) < 4.78 is 0. The quantitative estimate of drug-likeness (QED) is 0.437. The molecule has 4 N–H and O–H groups in total. The van der Waals surface area contributed by atoms with E-state index in [-0.39, 0.29) is 0 Å². The molecule has 1 atom stereocenters. The summed E-state index contributed by atoms with van der Waals surface area (Å²) in [5.74, 6) is 5.12. The van der Waals surface area contributed by atoms with Gasteiger partial charge >= 0.3 is 0 Å². The van der Waals surface area contributed by atoms with Crippen LogP contribution in [0.2, 0.25) is 0 Å². The van der Waals surface area contributed by atoms with Crippen LogP contribution in [0.5, 0.6) is 0 Å². The standard InChI is InChI=1S/C6H14N2O/c1-3-5(2)6(7)4-9-8/h4-5H,3,7-8H2,1-2H3/b6-4+. The summed E-state index contributed by atoms with van der Waals surface area (Å²) in [6.07, 6.45) is 2.37. The van der Waals surface area contributed by atoms with E-state index in [1.165, 1.54) is 6.26 Å². The first-order chi connectivity index (χ1) is 4.22. The van der Waals surface area contributed by atoms with Gasteiger partial charge in [-0.05, 0) is 12.3 Å². The smallest absolute Gasteiger partial charge is 0.129 e. The van der Waals surface area contributed by atoms with Crippen molar-refractivity contribution >= 4 is 0 Å². The highest BCUT2D eigenvalue weighted by Crippen LogP contribution is 2.07. The summed E-state index contributed by atoms with van der Waals surface area (Å²) in [5.41, 5.74) is 6.19. The first-order valence-corrected chi connectivity index (χ1v) is 3.03. The zero-order valence-electron chi connectivity index (χ0n) is 5.92. The summed E-state index contributed by atoms with van der Waals surface area (Å²) >= 11 is 0. The number of allylic oxidation sites excluding steroid dienone is 1. The highest BCUT2D eigenvalue weighted by atomic mass is 16.6. The van der Waals surface area contributed by atoms with Gasteiger partial charge in [0.15, 0.2) is 0 Å². The number of rotatable bonds is 3. The predicted octanol–water partition coefficient (Wildman–Crippen LogP) is 0.723. The Morgan fingerprint density at radius 1 is 1.78 bits per heavy atom. The lowest BCUT2D eigenvalue weighted by atomic mass is 10.1. The van der Waals surface area contributed by atoms with Crippen molar-refractivity contribution in [2.75, 3.05) is 0 Å². The van der Waals surface area contributed by atoms with Crippen molar-refractivity contribution in [3.63, 3.8) is 0 Å². The molecule has 3 nitrogen and oxygen atoms in total. The van der Waals surface area contributed by atoms with Crippen molar-refractivity contribution in [3.05, 3.63) is 12.0 Å². The molecular weight excluding hydrogens is 116 g/mol. The fourth-order valence-electron chi connectivity index (χ4n) is 0.430. The van der Waals surface area contributed by atoms with Crippen molar-refractivity contribution in [1.82, 2.24) is 0 Å². The SMILES string of the molecule is CCC(C)/C(N)=C\ON. The average Bonchev–Trinajstić information content (AvgIpc) is 1.87. The molecule has 9 heavy (non-hydrogen) atoms. The minimum absolute atomic E-state index is 0.355. The summed E-state index contributed by atoms with van der Waals surface area (Å²) in [7, 11) is 0. The Morgan fingerprint density at radius 2 is 2.33 bits per heavy atom. The Morgan fingerprint density at radius 3 is 2.67 bits per heavy atom. The highest BCUT2D eigenvalue weighted by Gasteiger charge is 2.00. The molecule has 0 radical (unpaired) electrons. The largest absolute Gasteiger partial charge is 0.417 e. The zero-order valence-corrected chi connectivity index (χ0v) is 5.92. The first-order valence-electron chi connectivity index (χ1n) is 3.03. The van der Waals surface area contributed by atoms with Crippen molar-refractivity contribution in [2.24, 2.45) is 17.5 Å². The summed E-state index contributed by atoms with van der Waals surface area (Å²) in [6.45, 7) is 4.08. The Balaban J connectivity index is 3.70. The average molecular weight is 130 g/mol. The minimum atomic E-state index is 0.355. The molecule has 0 rings (SSSR count). The molecule has 3 heteroatoms. The van der Waals surface area contributed by atoms with E-state index in [0.29, 0.717) is 11.6 Å². The van der Waals surface area contributed by atoms with Gasteiger partial charge in [-0.2, -0.15) is 5.90 Å². The van der Waals surface area contributed by atoms with Crippen LogP contribution in [-0.4, -0.2) is 0 Å². The Kier molecular flexibility index (Phi) is 3.88. The van der Waals surface area contributed by atoms with Crippen LogP contribution in [0.1, 0.15) is 20.3 Å². The fraction of sp³-hybridized carbons (Fsp3) is 0.667.